The van der Waals surface area contributed by atoms with Crippen molar-refractivity contribution >= 4 is 11.8 Å². The van der Waals surface area contributed by atoms with Gasteiger partial charge in [-0.05, 0) is 31.2 Å². The van der Waals surface area contributed by atoms with Gasteiger partial charge in [-0.3, -0.25) is 14.6 Å². The highest BCUT2D eigenvalue weighted by Crippen LogP contribution is 2.11. The smallest absolute Gasteiger partial charge is 0.257 e. The fourth-order valence-electron chi connectivity index (χ4n) is 1.97. The monoisotopic (exact) mass is 319 g/mol. The van der Waals surface area contributed by atoms with Crippen molar-refractivity contribution in [1.29, 1.82) is 0 Å². The van der Waals surface area contributed by atoms with Crippen molar-refractivity contribution in [3.05, 3.63) is 65.0 Å². The number of carbonyl (C=O) groups excluding carboxylic acids is 2. The van der Waals surface area contributed by atoms with Crippen LogP contribution in [0.15, 0.2) is 36.5 Å². The second-order valence-corrected chi connectivity index (χ2v) is 4.74. The summed E-state index contributed by atoms with van der Waals surface area (Å²) in [7, 11) is 0. The van der Waals surface area contributed by atoms with E-state index in [1.54, 1.807) is 25.3 Å². The maximum atomic E-state index is 13.4. The molecule has 0 aliphatic rings. The average molecular weight is 319 g/mol. The van der Waals surface area contributed by atoms with Crippen LogP contribution < -0.4 is 10.6 Å². The molecular weight excluding hydrogens is 304 g/mol. The highest BCUT2D eigenvalue weighted by atomic mass is 19.1. The molecule has 2 aromatic rings. The number of hydrogen-bond acceptors (Lipinski definition) is 3. The molecule has 2 amide bonds. The zero-order valence-electron chi connectivity index (χ0n) is 12.4. The van der Waals surface area contributed by atoms with Crippen molar-refractivity contribution in [1.82, 2.24) is 15.6 Å². The van der Waals surface area contributed by atoms with Gasteiger partial charge >= 0.3 is 0 Å². The number of benzene rings is 1. The van der Waals surface area contributed by atoms with Gasteiger partial charge in [-0.25, -0.2) is 8.78 Å². The third-order valence-electron chi connectivity index (χ3n) is 3.14. The van der Waals surface area contributed by atoms with Gasteiger partial charge in [-0.2, -0.15) is 0 Å². The number of aromatic nitrogens is 1. The van der Waals surface area contributed by atoms with Crippen molar-refractivity contribution in [3.8, 4) is 0 Å². The van der Waals surface area contributed by atoms with Gasteiger partial charge in [0, 0.05) is 25.0 Å². The zero-order chi connectivity index (χ0) is 16.8. The fourth-order valence-corrected chi connectivity index (χ4v) is 1.97. The van der Waals surface area contributed by atoms with E-state index < -0.39 is 23.1 Å². The Hall–Kier alpha value is -2.83. The molecule has 1 aromatic carbocycles. The molecule has 2 rings (SSSR count). The molecular formula is C16H15F2N3O2. The Morgan fingerprint density at radius 1 is 1.00 bits per heavy atom. The third-order valence-corrected chi connectivity index (χ3v) is 3.14. The van der Waals surface area contributed by atoms with Gasteiger partial charge in [0.1, 0.15) is 17.2 Å². The molecule has 5 nitrogen and oxygen atoms in total. The molecule has 7 heteroatoms. The first-order chi connectivity index (χ1) is 11.0. The summed E-state index contributed by atoms with van der Waals surface area (Å²) < 4.78 is 26.9. The van der Waals surface area contributed by atoms with Crippen molar-refractivity contribution in [2.24, 2.45) is 0 Å². The number of nitrogens with zero attached hydrogens (tertiary/aromatic N) is 1. The van der Waals surface area contributed by atoms with Crippen LogP contribution >= 0.6 is 0 Å². The van der Waals surface area contributed by atoms with Crippen molar-refractivity contribution < 1.29 is 18.4 Å². The molecule has 0 aliphatic heterocycles. The van der Waals surface area contributed by atoms with E-state index in [0.29, 0.717) is 11.3 Å². The molecule has 0 unspecified atom stereocenters. The van der Waals surface area contributed by atoms with Crippen LogP contribution in [0.4, 0.5) is 8.78 Å². The van der Waals surface area contributed by atoms with E-state index in [2.05, 4.69) is 15.6 Å². The van der Waals surface area contributed by atoms with Crippen molar-refractivity contribution in [3.63, 3.8) is 0 Å². The fraction of sp³-hybridized carbons (Fsp3) is 0.188. The van der Waals surface area contributed by atoms with Crippen LogP contribution in [0.3, 0.4) is 0 Å². The van der Waals surface area contributed by atoms with E-state index in [1.165, 1.54) is 6.07 Å². The third kappa shape index (κ3) is 4.09. The lowest BCUT2D eigenvalue weighted by Crippen LogP contribution is -2.35. The molecule has 0 spiro atoms. The zero-order valence-corrected chi connectivity index (χ0v) is 12.4. The Kier molecular flexibility index (Phi) is 5.35. The molecule has 0 saturated carbocycles. The number of rotatable bonds is 5. The van der Waals surface area contributed by atoms with Crippen LogP contribution in [0.5, 0.6) is 0 Å². The molecule has 1 aromatic heterocycles. The number of aryl methyl sites for hydroxylation is 1. The number of amides is 2. The van der Waals surface area contributed by atoms with Gasteiger partial charge in [0.25, 0.3) is 11.8 Å². The largest absolute Gasteiger partial charge is 0.350 e. The number of halogens is 2. The molecule has 0 aliphatic carbocycles. The Morgan fingerprint density at radius 3 is 2.22 bits per heavy atom. The average Bonchev–Trinajstić information content (AvgIpc) is 2.51. The topological polar surface area (TPSA) is 71.1 Å². The first-order valence-electron chi connectivity index (χ1n) is 6.92. The molecule has 0 saturated heterocycles. The molecule has 0 radical (unpaired) electrons. The Morgan fingerprint density at radius 2 is 1.61 bits per heavy atom. The van der Waals surface area contributed by atoms with Crippen LogP contribution in [0.25, 0.3) is 0 Å². The van der Waals surface area contributed by atoms with Gasteiger partial charge in [-0.1, -0.05) is 6.07 Å². The van der Waals surface area contributed by atoms with Gasteiger partial charge in [0.2, 0.25) is 0 Å². The van der Waals surface area contributed by atoms with Gasteiger partial charge < -0.3 is 10.6 Å². The maximum Gasteiger partial charge on any atom is 0.257 e. The minimum atomic E-state index is -0.933. The number of hydrogen-bond donors (Lipinski definition) is 2. The van der Waals surface area contributed by atoms with Gasteiger partial charge in [0.15, 0.2) is 0 Å². The predicted octanol–water partition coefficient (Wildman–Crippen LogP) is 1.83. The summed E-state index contributed by atoms with van der Waals surface area (Å²) in [6, 6.07) is 6.46. The summed E-state index contributed by atoms with van der Waals surface area (Å²) in [6.07, 6.45) is 1.58. The summed E-state index contributed by atoms with van der Waals surface area (Å²) in [6.45, 7) is 1.87. The standard InChI is InChI=1S/C16H15F2N3O2/c1-10-11(4-3-7-19-10)15(22)20-8-9-21-16(23)14-12(17)5-2-6-13(14)18/h2-7H,8-9H2,1H3,(H,20,22)(H,21,23). The Balaban J connectivity index is 1.85. The van der Waals surface area contributed by atoms with Gasteiger partial charge in [0.05, 0.1) is 5.56 Å². The SMILES string of the molecule is Cc1ncccc1C(=O)NCCNC(=O)c1c(F)cccc1F. The van der Waals surface area contributed by atoms with Crippen molar-refractivity contribution in [2.75, 3.05) is 13.1 Å². The summed E-state index contributed by atoms with van der Waals surface area (Å²) >= 11 is 0. The van der Waals surface area contributed by atoms with E-state index in [-0.39, 0.29) is 19.0 Å². The lowest BCUT2D eigenvalue weighted by Gasteiger charge is -2.09. The van der Waals surface area contributed by atoms with E-state index in [4.69, 9.17) is 0 Å². The predicted molar refractivity (Wildman–Crippen MR) is 80.0 cm³/mol. The van der Waals surface area contributed by atoms with Crippen molar-refractivity contribution in [2.45, 2.75) is 6.92 Å². The highest BCUT2D eigenvalue weighted by molar-refractivity contribution is 5.96. The first kappa shape index (κ1) is 16.5. The lowest BCUT2D eigenvalue weighted by molar-refractivity contribution is 0.0922. The first-order valence-corrected chi connectivity index (χ1v) is 6.92. The Bertz CT molecular complexity index is 715. The van der Waals surface area contributed by atoms with Crippen LogP contribution in [-0.2, 0) is 0 Å². The van der Waals surface area contributed by atoms with Gasteiger partial charge in [-0.15, -0.1) is 0 Å². The molecule has 120 valence electrons. The molecule has 0 fully saturated rings. The second kappa shape index (κ2) is 7.44. The van der Waals surface area contributed by atoms with Crippen LogP contribution in [0.1, 0.15) is 26.4 Å². The van der Waals surface area contributed by atoms with E-state index in [9.17, 15) is 18.4 Å². The minimum Gasteiger partial charge on any atom is -0.350 e. The molecule has 0 atom stereocenters. The normalized spacial score (nSPS) is 10.2. The van der Waals surface area contributed by atoms with E-state index in [0.717, 1.165) is 12.1 Å². The summed E-state index contributed by atoms with van der Waals surface area (Å²) in [5.41, 5.74) is 0.378. The molecule has 0 bridgehead atoms. The van der Waals surface area contributed by atoms with Crippen LogP contribution in [0.2, 0.25) is 0 Å². The minimum absolute atomic E-state index is 0.0393. The summed E-state index contributed by atoms with van der Waals surface area (Å²) in [5.74, 6) is -3.07. The quantitative estimate of drug-likeness (QED) is 0.826. The lowest BCUT2D eigenvalue weighted by atomic mass is 10.2. The second-order valence-electron chi connectivity index (χ2n) is 4.74. The maximum absolute atomic E-state index is 13.4. The number of pyridine rings is 1. The van der Waals surface area contributed by atoms with Crippen LogP contribution in [-0.4, -0.2) is 29.9 Å². The van der Waals surface area contributed by atoms with E-state index in [1.807, 2.05) is 0 Å². The highest BCUT2D eigenvalue weighted by Gasteiger charge is 2.16. The number of carbonyl (C=O) groups is 2. The molecule has 1 heterocycles. The molecule has 23 heavy (non-hydrogen) atoms. The van der Waals surface area contributed by atoms with Crippen LogP contribution in [0, 0.1) is 18.6 Å². The van der Waals surface area contributed by atoms with E-state index >= 15 is 0 Å². The Labute approximate surface area is 131 Å². The number of nitrogens with one attached hydrogen (secondary N) is 2. The summed E-state index contributed by atoms with van der Waals surface area (Å²) in [5, 5.41) is 4.95. The molecule has 2 N–H and O–H groups in total. The summed E-state index contributed by atoms with van der Waals surface area (Å²) in [4.78, 5) is 27.6.